The molecule has 0 amide bonds. The molecule has 0 aliphatic heterocycles. The van der Waals surface area contributed by atoms with Crippen molar-refractivity contribution in [2.24, 2.45) is 5.92 Å². The lowest BCUT2D eigenvalue weighted by Crippen LogP contribution is -2.21. The number of anilines is 2. The lowest BCUT2D eigenvalue weighted by atomic mass is 10.2. The highest BCUT2D eigenvalue weighted by Gasteiger charge is 2.05. The van der Waals surface area contributed by atoms with Crippen molar-refractivity contribution in [2.45, 2.75) is 18.7 Å². The van der Waals surface area contributed by atoms with E-state index in [1.54, 1.807) is 11.8 Å². The molecule has 3 heterocycles. The molecule has 1 unspecified atom stereocenters. The smallest absolute Gasteiger partial charge is 0.222 e. The Labute approximate surface area is 158 Å². The van der Waals surface area contributed by atoms with E-state index < -0.39 is 0 Å². The van der Waals surface area contributed by atoms with Crippen molar-refractivity contribution in [2.75, 3.05) is 30.0 Å². The fraction of sp³-hybridized carbons (Fsp3) is 0.316. The molecular formula is C19H24N6S. The van der Waals surface area contributed by atoms with Gasteiger partial charge in [-0.25, -0.2) is 15.0 Å². The molecule has 0 aromatic carbocycles. The van der Waals surface area contributed by atoms with Gasteiger partial charge in [0.2, 0.25) is 5.95 Å². The Hall–Kier alpha value is -2.54. The maximum absolute atomic E-state index is 4.51. The SMILES string of the molecule is CSc1cnc(NCC(C)CNc2ccc(-n3cccc3C)cn2)nc1. The van der Waals surface area contributed by atoms with Gasteiger partial charge in [0.15, 0.2) is 0 Å². The third kappa shape index (κ3) is 4.76. The first-order valence-electron chi connectivity index (χ1n) is 8.60. The van der Waals surface area contributed by atoms with Crippen LogP contribution in [0.3, 0.4) is 0 Å². The summed E-state index contributed by atoms with van der Waals surface area (Å²) in [6.45, 7) is 5.88. The quantitative estimate of drug-likeness (QED) is 0.589. The number of hydrogen-bond acceptors (Lipinski definition) is 6. The number of aromatic nitrogens is 4. The molecule has 0 radical (unpaired) electrons. The van der Waals surface area contributed by atoms with Gasteiger partial charge in [0.25, 0.3) is 0 Å². The van der Waals surface area contributed by atoms with E-state index in [1.165, 1.54) is 5.69 Å². The standard InChI is InChI=1S/C19H24N6S/c1-14(10-22-19-23-12-17(26-3)13-24-19)9-20-18-7-6-16(11-21-18)25-8-4-5-15(25)2/h4-8,11-14H,9-10H2,1-3H3,(H,20,21)(H,22,23,24). The lowest BCUT2D eigenvalue weighted by molar-refractivity contribution is 0.644. The monoisotopic (exact) mass is 368 g/mol. The fourth-order valence-electron chi connectivity index (χ4n) is 2.52. The van der Waals surface area contributed by atoms with Gasteiger partial charge in [-0.3, -0.25) is 0 Å². The second-order valence-corrected chi connectivity index (χ2v) is 7.11. The second kappa shape index (κ2) is 8.71. The van der Waals surface area contributed by atoms with E-state index in [0.717, 1.165) is 29.5 Å². The van der Waals surface area contributed by atoms with Gasteiger partial charge in [-0.05, 0) is 43.4 Å². The number of hydrogen-bond donors (Lipinski definition) is 2. The summed E-state index contributed by atoms with van der Waals surface area (Å²) in [6.07, 6.45) is 9.61. The van der Waals surface area contributed by atoms with Crippen LogP contribution in [-0.4, -0.2) is 38.9 Å². The van der Waals surface area contributed by atoms with E-state index in [9.17, 15) is 0 Å². The molecule has 136 valence electrons. The van der Waals surface area contributed by atoms with E-state index >= 15 is 0 Å². The predicted molar refractivity (Wildman–Crippen MR) is 108 cm³/mol. The van der Waals surface area contributed by atoms with Gasteiger partial charge >= 0.3 is 0 Å². The summed E-state index contributed by atoms with van der Waals surface area (Å²) in [7, 11) is 0. The first-order chi connectivity index (χ1) is 12.7. The van der Waals surface area contributed by atoms with Crippen molar-refractivity contribution in [3.63, 3.8) is 0 Å². The summed E-state index contributed by atoms with van der Waals surface area (Å²) in [5.74, 6) is 1.96. The fourth-order valence-corrected chi connectivity index (χ4v) is 2.83. The zero-order chi connectivity index (χ0) is 18.4. The normalized spacial score (nSPS) is 12.0. The van der Waals surface area contributed by atoms with Gasteiger partial charge in [-0.1, -0.05) is 6.92 Å². The van der Waals surface area contributed by atoms with Gasteiger partial charge in [-0.2, -0.15) is 0 Å². The molecule has 3 rings (SSSR count). The molecule has 0 aliphatic carbocycles. The van der Waals surface area contributed by atoms with Crippen LogP contribution >= 0.6 is 11.8 Å². The van der Waals surface area contributed by atoms with Crippen LogP contribution in [0.1, 0.15) is 12.6 Å². The summed E-state index contributed by atoms with van der Waals surface area (Å²) < 4.78 is 2.12. The minimum atomic E-state index is 0.409. The van der Waals surface area contributed by atoms with Crippen molar-refractivity contribution in [3.8, 4) is 5.69 Å². The maximum Gasteiger partial charge on any atom is 0.222 e. The Morgan fingerprint density at radius 2 is 1.81 bits per heavy atom. The molecule has 1 atom stereocenters. The summed E-state index contributed by atoms with van der Waals surface area (Å²) in [6, 6.07) is 8.21. The summed E-state index contributed by atoms with van der Waals surface area (Å²) in [4.78, 5) is 14.2. The first kappa shape index (κ1) is 18.3. The topological polar surface area (TPSA) is 67.7 Å². The van der Waals surface area contributed by atoms with Crippen LogP contribution in [-0.2, 0) is 0 Å². The zero-order valence-corrected chi connectivity index (χ0v) is 16.1. The van der Waals surface area contributed by atoms with Gasteiger partial charge < -0.3 is 15.2 Å². The van der Waals surface area contributed by atoms with Gasteiger partial charge in [0.05, 0.1) is 11.9 Å². The molecule has 0 aliphatic rings. The average Bonchev–Trinajstić information content (AvgIpc) is 3.11. The van der Waals surface area contributed by atoms with Crippen molar-refractivity contribution in [1.29, 1.82) is 0 Å². The molecule has 0 saturated carbocycles. The molecule has 3 aromatic rings. The molecule has 26 heavy (non-hydrogen) atoms. The van der Waals surface area contributed by atoms with Crippen LogP contribution < -0.4 is 10.6 Å². The largest absolute Gasteiger partial charge is 0.370 e. The van der Waals surface area contributed by atoms with Gasteiger partial charge in [0, 0.05) is 42.3 Å². The number of thioether (sulfide) groups is 1. The molecule has 2 N–H and O–H groups in total. The van der Waals surface area contributed by atoms with Crippen LogP contribution in [0.2, 0.25) is 0 Å². The molecule has 0 fully saturated rings. The summed E-state index contributed by atoms with van der Waals surface area (Å²) in [5, 5.41) is 6.65. The van der Waals surface area contributed by atoms with Crippen LogP contribution in [0, 0.1) is 12.8 Å². The molecule has 3 aromatic heterocycles. The Morgan fingerprint density at radius 1 is 1.04 bits per heavy atom. The Bertz CT molecular complexity index is 813. The van der Waals surface area contributed by atoms with Crippen LogP contribution in [0.25, 0.3) is 5.69 Å². The Balaban J connectivity index is 1.46. The lowest BCUT2D eigenvalue weighted by Gasteiger charge is -2.14. The number of rotatable bonds is 8. The minimum absolute atomic E-state index is 0.409. The highest BCUT2D eigenvalue weighted by molar-refractivity contribution is 7.98. The van der Waals surface area contributed by atoms with Crippen LogP contribution in [0.4, 0.5) is 11.8 Å². The minimum Gasteiger partial charge on any atom is -0.370 e. The molecule has 7 heteroatoms. The van der Waals surface area contributed by atoms with E-state index in [1.807, 2.05) is 43.2 Å². The third-order valence-electron chi connectivity index (χ3n) is 4.08. The van der Waals surface area contributed by atoms with Crippen molar-refractivity contribution in [3.05, 3.63) is 54.7 Å². The van der Waals surface area contributed by atoms with Crippen LogP contribution in [0.5, 0.6) is 0 Å². The van der Waals surface area contributed by atoms with E-state index in [-0.39, 0.29) is 0 Å². The molecule has 0 saturated heterocycles. The van der Waals surface area contributed by atoms with E-state index in [2.05, 4.69) is 56.1 Å². The van der Waals surface area contributed by atoms with Crippen molar-refractivity contribution >= 4 is 23.5 Å². The molecular weight excluding hydrogens is 344 g/mol. The zero-order valence-electron chi connectivity index (χ0n) is 15.3. The van der Waals surface area contributed by atoms with Gasteiger partial charge in [0.1, 0.15) is 5.82 Å². The Kier molecular flexibility index (Phi) is 6.12. The highest BCUT2D eigenvalue weighted by Crippen LogP contribution is 2.14. The summed E-state index contributed by atoms with van der Waals surface area (Å²) >= 11 is 1.64. The third-order valence-corrected chi connectivity index (χ3v) is 4.76. The highest BCUT2D eigenvalue weighted by atomic mass is 32.2. The number of nitrogens with one attached hydrogen (secondary N) is 2. The van der Waals surface area contributed by atoms with E-state index in [0.29, 0.717) is 11.9 Å². The molecule has 0 spiro atoms. The van der Waals surface area contributed by atoms with Gasteiger partial charge in [-0.15, -0.1) is 11.8 Å². The predicted octanol–water partition coefficient (Wildman–Crippen LogP) is 3.85. The second-order valence-electron chi connectivity index (χ2n) is 6.23. The number of aryl methyl sites for hydroxylation is 1. The average molecular weight is 369 g/mol. The number of nitrogens with zero attached hydrogens (tertiary/aromatic N) is 4. The first-order valence-corrected chi connectivity index (χ1v) is 9.82. The maximum atomic E-state index is 4.51. The summed E-state index contributed by atoms with van der Waals surface area (Å²) in [5.41, 5.74) is 2.26. The Morgan fingerprint density at radius 3 is 2.42 bits per heavy atom. The molecule has 0 bridgehead atoms. The van der Waals surface area contributed by atoms with Crippen LogP contribution in [0.15, 0.2) is 53.9 Å². The number of pyridine rings is 1. The van der Waals surface area contributed by atoms with Crippen molar-refractivity contribution < 1.29 is 0 Å². The van der Waals surface area contributed by atoms with E-state index in [4.69, 9.17) is 0 Å². The molecule has 6 nitrogen and oxygen atoms in total. The van der Waals surface area contributed by atoms with Crippen molar-refractivity contribution in [1.82, 2.24) is 19.5 Å².